The van der Waals surface area contributed by atoms with Crippen LogP contribution in [0, 0.1) is 5.92 Å². The van der Waals surface area contributed by atoms with E-state index in [1.807, 2.05) is 0 Å². The Morgan fingerprint density at radius 2 is 2.38 bits per heavy atom. The van der Waals surface area contributed by atoms with Gasteiger partial charge in [-0.1, -0.05) is 18.2 Å². The molecule has 0 N–H and O–H groups in total. The van der Waals surface area contributed by atoms with Crippen LogP contribution in [0.3, 0.4) is 0 Å². The molecule has 1 saturated heterocycles. The molecule has 0 aromatic rings. The largest absolute Gasteiger partial charge is 0.375 e. The van der Waals surface area contributed by atoms with Gasteiger partial charge in [-0.25, -0.2) is 0 Å². The van der Waals surface area contributed by atoms with Crippen molar-refractivity contribution in [3.63, 3.8) is 0 Å². The van der Waals surface area contributed by atoms with E-state index >= 15 is 0 Å². The van der Waals surface area contributed by atoms with Crippen LogP contribution in [-0.4, -0.2) is 32.2 Å². The van der Waals surface area contributed by atoms with Gasteiger partial charge in [-0.15, -0.1) is 6.58 Å². The van der Waals surface area contributed by atoms with E-state index in [0.717, 1.165) is 12.8 Å². The summed E-state index contributed by atoms with van der Waals surface area (Å²) < 4.78 is 16.9. The Balaban J connectivity index is 1.70. The maximum absolute atomic E-state index is 5.83. The normalized spacial score (nSPS) is 34.1. The third-order valence-corrected chi connectivity index (χ3v) is 3.01. The molecule has 3 unspecified atom stereocenters. The van der Waals surface area contributed by atoms with Crippen molar-refractivity contribution in [1.29, 1.82) is 0 Å². The summed E-state index contributed by atoms with van der Waals surface area (Å²) in [7, 11) is 0. The standard InChI is InChI=1S/C13H20O3/c1-2-8-14-9-12-10-15-13(16-12)11-6-4-3-5-7-11/h2-4,11-13H,1,5-10H2. The van der Waals surface area contributed by atoms with Gasteiger partial charge in [0.2, 0.25) is 0 Å². The summed E-state index contributed by atoms with van der Waals surface area (Å²) in [5.41, 5.74) is 0. The summed E-state index contributed by atoms with van der Waals surface area (Å²) >= 11 is 0. The van der Waals surface area contributed by atoms with E-state index in [1.165, 1.54) is 6.42 Å². The summed E-state index contributed by atoms with van der Waals surface area (Å²) in [4.78, 5) is 0. The molecule has 2 rings (SSSR count). The Hall–Kier alpha value is -0.640. The van der Waals surface area contributed by atoms with E-state index < -0.39 is 0 Å². The predicted molar refractivity (Wildman–Crippen MR) is 62.1 cm³/mol. The summed E-state index contributed by atoms with van der Waals surface area (Å²) in [5, 5.41) is 0. The topological polar surface area (TPSA) is 27.7 Å². The molecule has 1 heterocycles. The van der Waals surface area contributed by atoms with Crippen LogP contribution >= 0.6 is 0 Å². The maximum Gasteiger partial charge on any atom is 0.161 e. The van der Waals surface area contributed by atoms with Gasteiger partial charge >= 0.3 is 0 Å². The van der Waals surface area contributed by atoms with Crippen molar-refractivity contribution < 1.29 is 14.2 Å². The Morgan fingerprint density at radius 1 is 1.44 bits per heavy atom. The maximum atomic E-state index is 5.83. The van der Waals surface area contributed by atoms with Gasteiger partial charge in [0.15, 0.2) is 6.29 Å². The first kappa shape index (κ1) is 11.8. The van der Waals surface area contributed by atoms with Crippen LogP contribution in [0.25, 0.3) is 0 Å². The molecule has 3 nitrogen and oxygen atoms in total. The summed E-state index contributed by atoms with van der Waals surface area (Å²) in [6.07, 6.45) is 9.66. The SMILES string of the molecule is C=CCOCC1COC(C2CC=CCC2)O1. The van der Waals surface area contributed by atoms with Gasteiger partial charge < -0.3 is 14.2 Å². The first-order valence-electron chi connectivity index (χ1n) is 6.01. The molecule has 0 aromatic carbocycles. The molecule has 0 radical (unpaired) electrons. The van der Waals surface area contributed by atoms with Gasteiger partial charge in [-0.3, -0.25) is 0 Å². The van der Waals surface area contributed by atoms with Crippen LogP contribution in [0.15, 0.2) is 24.8 Å². The van der Waals surface area contributed by atoms with E-state index in [2.05, 4.69) is 18.7 Å². The van der Waals surface area contributed by atoms with Gasteiger partial charge in [0.05, 0.1) is 19.8 Å². The predicted octanol–water partition coefficient (Wildman–Crippen LogP) is 2.29. The zero-order chi connectivity index (χ0) is 11.2. The highest BCUT2D eigenvalue weighted by atomic mass is 16.7. The first-order chi connectivity index (χ1) is 7.90. The number of ether oxygens (including phenoxy) is 3. The molecule has 1 fully saturated rings. The molecule has 0 aromatic heterocycles. The molecular weight excluding hydrogens is 204 g/mol. The Bertz CT molecular complexity index is 250. The lowest BCUT2D eigenvalue weighted by atomic mass is 9.94. The molecule has 2 aliphatic rings. The molecule has 0 saturated carbocycles. The second-order valence-corrected chi connectivity index (χ2v) is 4.33. The molecule has 16 heavy (non-hydrogen) atoms. The quantitative estimate of drug-likeness (QED) is 0.529. The Morgan fingerprint density at radius 3 is 3.12 bits per heavy atom. The highest BCUT2D eigenvalue weighted by molar-refractivity contribution is 4.91. The minimum atomic E-state index is -0.0257. The van der Waals surface area contributed by atoms with Crippen LogP contribution in [-0.2, 0) is 14.2 Å². The zero-order valence-electron chi connectivity index (χ0n) is 9.64. The second-order valence-electron chi connectivity index (χ2n) is 4.33. The summed E-state index contributed by atoms with van der Waals surface area (Å²) in [6.45, 7) is 5.45. The Labute approximate surface area is 97.1 Å². The molecular formula is C13H20O3. The fraction of sp³-hybridized carbons (Fsp3) is 0.692. The van der Waals surface area contributed by atoms with E-state index in [4.69, 9.17) is 14.2 Å². The minimum Gasteiger partial charge on any atom is -0.375 e. The summed E-state index contributed by atoms with van der Waals surface area (Å²) in [6, 6.07) is 0. The van der Waals surface area contributed by atoms with Crippen molar-refractivity contribution >= 4 is 0 Å². The van der Waals surface area contributed by atoms with E-state index in [9.17, 15) is 0 Å². The van der Waals surface area contributed by atoms with Crippen LogP contribution in [0.4, 0.5) is 0 Å². The van der Waals surface area contributed by atoms with Crippen LogP contribution < -0.4 is 0 Å². The molecule has 1 aliphatic carbocycles. The average Bonchev–Trinajstić information content (AvgIpc) is 2.79. The van der Waals surface area contributed by atoms with Gasteiger partial charge in [0.25, 0.3) is 0 Å². The molecule has 0 bridgehead atoms. The van der Waals surface area contributed by atoms with Crippen molar-refractivity contribution in [2.75, 3.05) is 19.8 Å². The smallest absolute Gasteiger partial charge is 0.161 e. The zero-order valence-corrected chi connectivity index (χ0v) is 9.64. The molecule has 0 spiro atoms. The third kappa shape index (κ3) is 3.17. The fourth-order valence-corrected chi connectivity index (χ4v) is 2.15. The van der Waals surface area contributed by atoms with Crippen LogP contribution in [0.5, 0.6) is 0 Å². The van der Waals surface area contributed by atoms with Crippen LogP contribution in [0.1, 0.15) is 19.3 Å². The highest BCUT2D eigenvalue weighted by Crippen LogP contribution is 2.28. The van der Waals surface area contributed by atoms with Gasteiger partial charge in [0, 0.05) is 5.92 Å². The van der Waals surface area contributed by atoms with Crippen molar-refractivity contribution in [3.05, 3.63) is 24.8 Å². The molecule has 3 atom stereocenters. The van der Waals surface area contributed by atoms with Crippen molar-refractivity contribution in [3.8, 4) is 0 Å². The third-order valence-electron chi connectivity index (χ3n) is 3.01. The molecule has 0 amide bonds. The van der Waals surface area contributed by atoms with Crippen molar-refractivity contribution in [2.24, 2.45) is 5.92 Å². The number of hydrogen-bond donors (Lipinski definition) is 0. The first-order valence-corrected chi connectivity index (χ1v) is 6.01. The van der Waals surface area contributed by atoms with Gasteiger partial charge in [-0.2, -0.15) is 0 Å². The highest BCUT2D eigenvalue weighted by Gasteiger charge is 2.32. The average molecular weight is 224 g/mol. The number of rotatable bonds is 5. The summed E-state index contributed by atoms with van der Waals surface area (Å²) in [5.74, 6) is 0.523. The van der Waals surface area contributed by atoms with Gasteiger partial charge in [0.1, 0.15) is 6.10 Å². The lowest BCUT2D eigenvalue weighted by Gasteiger charge is -2.23. The molecule has 90 valence electrons. The fourth-order valence-electron chi connectivity index (χ4n) is 2.15. The lowest BCUT2D eigenvalue weighted by Crippen LogP contribution is -2.25. The minimum absolute atomic E-state index is 0.0257. The lowest BCUT2D eigenvalue weighted by molar-refractivity contribution is -0.106. The molecule has 3 heteroatoms. The van der Waals surface area contributed by atoms with Crippen molar-refractivity contribution in [2.45, 2.75) is 31.7 Å². The molecule has 1 aliphatic heterocycles. The van der Waals surface area contributed by atoms with Crippen LogP contribution in [0.2, 0.25) is 0 Å². The Kier molecular flexibility index (Phi) is 4.57. The second kappa shape index (κ2) is 6.18. The van der Waals surface area contributed by atoms with E-state index in [1.54, 1.807) is 6.08 Å². The van der Waals surface area contributed by atoms with E-state index in [-0.39, 0.29) is 12.4 Å². The number of allylic oxidation sites excluding steroid dienone is 2. The van der Waals surface area contributed by atoms with E-state index in [0.29, 0.717) is 25.7 Å². The number of hydrogen-bond acceptors (Lipinski definition) is 3. The van der Waals surface area contributed by atoms with Crippen molar-refractivity contribution in [1.82, 2.24) is 0 Å². The monoisotopic (exact) mass is 224 g/mol. The van der Waals surface area contributed by atoms with Gasteiger partial charge in [-0.05, 0) is 19.3 Å².